The van der Waals surface area contributed by atoms with Crippen molar-refractivity contribution in [1.29, 1.82) is 0 Å². The second kappa shape index (κ2) is 5.82. The van der Waals surface area contributed by atoms with Crippen molar-refractivity contribution in [2.75, 3.05) is 0 Å². The molecular weight excluding hydrogens is 128 g/mol. The Balaban J connectivity index is 3.62. The van der Waals surface area contributed by atoms with Crippen molar-refractivity contribution >= 4 is 5.97 Å². The van der Waals surface area contributed by atoms with E-state index in [0.29, 0.717) is 0 Å². The van der Waals surface area contributed by atoms with Crippen molar-refractivity contribution in [2.45, 2.75) is 6.92 Å². The fourth-order valence-electron chi connectivity index (χ4n) is 0.377. The molecule has 0 amide bonds. The third kappa shape index (κ3) is 6.69. The fourth-order valence-corrected chi connectivity index (χ4v) is 0.377. The highest BCUT2D eigenvalue weighted by Gasteiger charge is 1.78. The molecule has 0 aromatic heterocycles. The molecule has 0 bridgehead atoms. The fraction of sp³-hybridized carbons (Fsp3) is 0.125. The lowest BCUT2D eigenvalue weighted by Crippen LogP contribution is -1.84. The van der Waals surface area contributed by atoms with E-state index in [0.717, 1.165) is 6.08 Å². The summed E-state index contributed by atoms with van der Waals surface area (Å²) in [5.41, 5.74) is 0. The molecule has 0 aliphatic carbocycles. The molecule has 0 aliphatic heterocycles. The van der Waals surface area contributed by atoms with Crippen molar-refractivity contribution in [1.82, 2.24) is 0 Å². The van der Waals surface area contributed by atoms with Gasteiger partial charge in [0.05, 0.1) is 0 Å². The first-order chi connectivity index (χ1) is 4.77. The lowest BCUT2D eigenvalue weighted by Gasteiger charge is -1.73. The third-order valence-electron chi connectivity index (χ3n) is 0.765. The van der Waals surface area contributed by atoms with Crippen molar-refractivity contribution < 1.29 is 9.90 Å². The van der Waals surface area contributed by atoms with E-state index in [1.807, 2.05) is 19.1 Å². The van der Waals surface area contributed by atoms with Crippen LogP contribution in [0.2, 0.25) is 0 Å². The molecular formula is C8H10O2. The van der Waals surface area contributed by atoms with Gasteiger partial charge in [-0.3, -0.25) is 0 Å². The van der Waals surface area contributed by atoms with E-state index in [2.05, 4.69) is 0 Å². The van der Waals surface area contributed by atoms with Crippen LogP contribution >= 0.6 is 0 Å². The number of carboxylic acids is 1. The molecule has 0 atom stereocenters. The highest BCUT2D eigenvalue weighted by atomic mass is 16.4. The molecule has 54 valence electrons. The Morgan fingerprint density at radius 3 is 2.30 bits per heavy atom. The molecule has 0 aromatic carbocycles. The van der Waals surface area contributed by atoms with E-state index < -0.39 is 5.97 Å². The molecule has 0 fully saturated rings. The predicted molar refractivity (Wildman–Crippen MR) is 40.7 cm³/mol. The molecule has 0 unspecified atom stereocenters. The number of hydrogen-bond donors (Lipinski definition) is 1. The summed E-state index contributed by atoms with van der Waals surface area (Å²) in [6.45, 7) is 1.89. The summed E-state index contributed by atoms with van der Waals surface area (Å²) in [5, 5.41) is 8.13. The van der Waals surface area contributed by atoms with Crippen LogP contribution in [-0.2, 0) is 4.79 Å². The minimum absolute atomic E-state index is 0.926. The van der Waals surface area contributed by atoms with Crippen molar-refractivity contribution in [3.8, 4) is 0 Å². The molecule has 10 heavy (non-hydrogen) atoms. The third-order valence-corrected chi connectivity index (χ3v) is 0.765. The van der Waals surface area contributed by atoms with Crippen LogP contribution in [0.5, 0.6) is 0 Å². The smallest absolute Gasteiger partial charge is 0.328 e. The van der Waals surface area contributed by atoms with Gasteiger partial charge in [0.1, 0.15) is 0 Å². The zero-order chi connectivity index (χ0) is 7.82. The summed E-state index contributed by atoms with van der Waals surface area (Å²) in [7, 11) is 0. The molecule has 0 radical (unpaired) electrons. The Kier molecular flexibility index (Phi) is 5.06. The van der Waals surface area contributed by atoms with Gasteiger partial charge in [-0.15, -0.1) is 0 Å². The summed E-state index contributed by atoms with van der Waals surface area (Å²) in [5.74, 6) is -0.926. The summed E-state index contributed by atoms with van der Waals surface area (Å²) in [6.07, 6.45) is 9.67. The number of rotatable bonds is 3. The number of hydrogen-bond acceptors (Lipinski definition) is 1. The SMILES string of the molecule is CC=CC=CC=CC(=O)O. The van der Waals surface area contributed by atoms with Crippen LogP contribution in [-0.4, -0.2) is 11.1 Å². The lowest BCUT2D eigenvalue weighted by molar-refractivity contribution is -0.131. The second-order valence-corrected chi connectivity index (χ2v) is 1.61. The largest absolute Gasteiger partial charge is 0.478 e. The normalized spacial score (nSPS) is 12.1. The van der Waals surface area contributed by atoms with E-state index in [1.165, 1.54) is 6.08 Å². The van der Waals surface area contributed by atoms with Crippen LogP contribution in [0.3, 0.4) is 0 Å². The molecule has 0 heterocycles. The van der Waals surface area contributed by atoms with E-state index >= 15 is 0 Å². The minimum Gasteiger partial charge on any atom is -0.478 e. The van der Waals surface area contributed by atoms with E-state index in [-0.39, 0.29) is 0 Å². The Labute approximate surface area is 60.2 Å². The van der Waals surface area contributed by atoms with E-state index in [4.69, 9.17) is 5.11 Å². The first-order valence-electron chi connectivity index (χ1n) is 2.96. The maximum absolute atomic E-state index is 9.89. The van der Waals surface area contributed by atoms with Gasteiger partial charge in [0.15, 0.2) is 0 Å². The summed E-state index contributed by atoms with van der Waals surface area (Å²) < 4.78 is 0. The summed E-state index contributed by atoms with van der Waals surface area (Å²) >= 11 is 0. The Morgan fingerprint density at radius 1 is 1.20 bits per heavy atom. The molecule has 2 heteroatoms. The Bertz CT molecular complexity index is 176. The lowest BCUT2D eigenvalue weighted by atomic mass is 10.4. The standard InChI is InChI=1S/C8H10O2/c1-2-3-4-5-6-7-8(9)10/h2-7H,1H3,(H,9,10). The van der Waals surface area contributed by atoms with Gasteiger partial charge in [0.2, 0.25) is 0 Å². The molecule has 0 aliphatic rings. The average molecular weight is 138 g/mol. The van der Waals surface area contributed by atoms with Crippen molar-refractivity contribution in [3.63, 3.8) is 0 Å². The van der Waals surface area contributed by atoms with Crippen molar-refractivity contribution in [2.24, 2.45) is 0 Å². The molecule has 0 saturated heterocycles. The van der Waals surface area contributed by atoms with E-state index in [1.54, 1.807) is 12.2 Å². The maximum atomic E-state index is 9.89. The van der Waals surface area contributed by atoms with Gasteiger partial charge >= 0.3 is 5.97 Å². The maximum Gasteiger partial charge on any atom is 0.328 e. The zero-order valence-corrected chi connectivity index (χ0v) is 5.82. The molecule has 0 aromatic rings. The minimum atomic E-state index is -0.926. The highest BCUT2D eigenvalue weighted by Crippen LogP contribution is 1.79. The number of carboxylic acid groups (broad SMARTS) is 1. The first kappa shape index (κ1) is 8.69. The quantitative estimate of drug-likeness (QED) is 0.476. The van der Waals surface area contributed by atoms with Crippen molar-refractivity contribution in [3.05, 3.63) is 36.5 Å². The van der Waals surface area contributed by atoms with Crippen LogP contribution in [0.25, 0.3) is 0 Å². The first-order valence-corrected chi connectivity index (χ1v) is 2.96. The number of aliphatic carboxylic acids is 1. The van der Waals surface area contributed by atoms with Crippen LogP contribution in [0.1, 0.15) is 6.92 Å². The highest BCUT2D eigenvalue weighted by molar-refractivity contribution is 5.80. The van der Waals surface area contributed by atoms with Gasteiger partial charge in [0, 0.05) is 6.08 Å². The van der Waals surface area contributed by atoms with E-state index in [9.17, 15) is 4.79 Å². The van der Waals surface area contributed by atoms with Crippen LogP contribution in [0.15, 0.2) is 36.5 Å². The van der Waals surface area contributed by atoms with Gasteiger partial charge < -0.3 is 5.11 Å². The monoisotopic (exact) mass is 138 g/mol. The Hall–Kier alpha value is -1.31. The molecule has 0 spiro atoms. The van der Waals surface area contributed by atoms with Gasteiger partial charge in [-0.1, -0.05) is 30.4 Å². The summed E-state index contributed by atoms with van der Waals surface area (Å²) in [6, 6.07) is 0. The van der Waals surface area contributed by atoms with Gasteiger partial charge in [0.25, 0.3) is 0 Å². The van der Waals surface area contributed by atoms with Gasteiger partial charge in [-0.25, -0.2) is 4.79 Å². The van der Waals surface area contributed by atoms with Crippen LogP contribution in [0.4, 0.5) is 0 Å². The number of allylic oxidation sites excluding steroid dienone is 5. The topological polar surface area (TPSA) is 37.3 Å². The van der Waals surface area contributed by atoms with Gasteiger partial charge in [-0.05, 0) is 6.92 Å². The zero-order valence-electron chi connectivity index (χ0n) is 5.82. The van der Waals surface area contributed by atoms with Crippen LogP contribution in [0, 0.1) is 0 Å². The molecule has 2 nitrogen and oxygen atoms in total. The average Bonchev–Trinajstić information content (AvgIpc) is 1.87. The van der Waals surface area contributed by atoms with Crippen LogP contribution < -0.4 is 0 Å². The summed E-state index contributed by atoms with van der Waals surface area (Å²) in [4.78, 5) is 9.89. The number of carbonyl (C=O) groups is 1. The second-order valence-electron chi connectivity index (χ2n) is 1.61. The molecule has 0 rings (SSSR count). The molecule has 1 N–H and O–H groups in total. The Morgan fingerprint density at radius 2 is 1.80 bits per heavy atom. The predicted octanol–water partition coefficient (Wildman–Crippen LogP) is 1.76. The molecule has 0 saturated carbocycles. The van der Waals surface area contributed by atoms with Gasteiger partial charge in [-0.2, -0.15) is 0 Å².